The molecule has 4 rings (SSSR count). The minimum absolute atomic E-state index is 0.662. The number of nitrogens with zero attached hydrogens (tertiary/aromatic N) is 2. The lowest BCUT2D eigenvalue weighted by atomic mass is 10.1. The van der Waals surface area contributed by atoms with E-state index in [0.717, 1.165) is 22.1 Å². The van der Waals surface area contributed by atoms with Gasteiger partial charge in [0.1, 0.15) is 11.5 Å². The van der Waals surface area contributed by atoms with Crippen LogP contribution in [0.2, 0.25) is 0 Å². The molecule has 4 aromatic rings. The van der Waals surface area contributed by atoms with Gasteiger partial charge in [-0.15, -0.1) is 0 Å². The van der Waals surface area contributed by atoms with Crippen molar-refractivity contribution in [3.8, 4) is 0 Å². The first-order valence-corrected chi connectivity index (χ1v) is 9.37. The molecule has 2 aromatic carbocycles. The van der Waals surface area contributed by atoms with Crippen LogP contribution in [-0.4, -0.2) is 12.4 Å². The van der Waals surface area contributed by atoms with E-state index in [-0.39, 0.29) is 0 Å². The molecule has 0 saturated heterocycles. The fourth-order valence-corrected chi connectivity index (χ4v) is 3.12. The number of furan rings is 2. The fraction of sp³-hybridized carbons (Fsp3) is 0. The second-order valence-electron chi connectivity index (χ2n) is 5.49. The molecule has 0 amide bonds. The second-order valence-corrected chi connectivity index (χ2v) is 7.05. The second kappa shape index (κ2) is 7.43. The monoisotopic (exact) mass is 470 g/mol. The van der Waals surface area contributed by atoms with Gasteiger partial charge in [-0.1, -0.05) is 24.3 Å². The molecule has 0 atom stereocenters. The standard InChI is InChI=1S/C20H12Br2N2O2/c21-19-7-5-15(25-19)11-23-17-9-13-3-1-2-4-14(13)10-18(17)24-12-16-6-8-20(22)26-16/h1-12H. The van der Waals surface area contributed by atoms with Crippen molar-refractivity contribution >= 4 is 66.4 Å². The third-order valence-electron chi connectivity index (χ3n) is 3.69. The van der Waals surface area contributed by atoms with E-state index in [4.69, 9.17) is 8.83 Å². The number of hydrogen-bond acceptors (Lipinski definition) is 4. The third-order valence-corrected chi connectivity index (χ3v) is 4.55. The zero-order valence-corrected chi connectivity index (χ0v) is 16.6. The number of aliphatic imine (C=N–C) groups is 2. The van der Waals surface area contributed by atoms with E-state index in [1.165, 1.54) is 0 Å². The molecule has 0 aliphatic rings. The van der Waals surface area contributed by atoms with Gasteiger partial charge in [-0.25, -0.2) is 0 Å². The molecular formula is C20H12Br2N2O2. The summed E-state index contributed by atoms with van der Waals surface area (Å²) in [4.78, 5) is 9.13. The Hall–Kier alpha value is -2.44. The molecule has 0 aliphatic heterocycles. The Morgan fingerprint density at radius 1 is 0.654 bits per heavy atom. The zero-order valence-electron chi connectivity index (χ0n) is 13.4. The Labute approximate surface area is 166 Å². The van der Waals surface area contributed by atoms with Gasteiger partial charge in [-0.3, -0.25) is 9.98 Å². The van der Waals surface area contributed by atoms with Crippen molar-refractivity contribution in [2.45, 2.75) is 0 Å². The molecule has 0 fully saturated rings. The highest BCUT2D eigenvalue weighted by molar-refractivity contribution is 9.10. The molecule has 0 radical (unpaired) electrons. The highest BCUT2D eigenvalue weighted by atomic mass is 79.9. The van der Waals surface area contributed by atoms with Crippen LogP contribution < -0.4 is 0 Å². The molecule has 4 nitrogen and oxygen atoms in total. The molecular weight excluding hydrogens is 460 g/mol. The predicted octanol–water partition coefficient (Wildman–Crippen LogP) is 7.05. The summed E-state index contributed by atoms with van der Waals surface area (Å²) < 4.78 is 12.3. The maximum Gasteiger partial charge on any atom is 0.169 e. The van der Waals surface area contributed by atoms with E-state index >= 15 is 0 Å². The number of rotatable bonds is 4. The van der Waals surface area contributed by atoms with Gasteiger partial charge in [0.2, 0.25) is 0 Å². The van der Waals surface area contributed by atoms with E-state index in [1.807, 2.05) is 48.5 Å². The summed E-state index contributed by atoms with van der Waals surface area (Å²) in [5.41, 5.74) is 1.50. The Morgan fingerprint density at radius 3 is 1.50 bits per heavy atom. The van der Waals surface area contributed by atoms with Crippen molar-refractivity contribution in [2.75, 3.05) is 0 Å². The summed E-state index contributed by atoms with van der Waals surface area (Å²) in [6.07, 6.45) is 3.36. The summed E-state index contributed by atoms with van der Waals surface area (Å²) >= 11 is 6.58. The maximum atomic E-state index is 5.47. The molecule has 128 valence electrons. The first-order chi connectivity index (χ1) is 12.7. The summed E-state index contributed by atoms with van der Waals surface area (Å²) in [5, 5.41) is 2.19. The van der Waals surface area contributed by atoms with E-state index in [0.29, 0.717) is 20.9 Å². The van der Waals surface area contributed by atoms with Crippen molar-refractivity contribution in [3.05, 3.63) is 81.5 Å². The zero-order chi connectivity index (χ0) is 17.9. The quantitative estimate of drug-likeness (QED) is 0.299. The van der Waals surface area contributed by atoms with Gasteiger partial charge in [-0.05, 0) is 79.0 Å². The van der Waals surface area contributed by atoms with Crippen LogP contribution in [0.25, 0.3) is 10.8 Å². The number of fused-ring (bicyclic) bond motifs is 1. The van der Waals surface area contributed by atoms with Crippen LogP contribution in [0.1, 0.15) is 11.5 Å². The Balaban J connectivity index is 1.75. The smallest absolute Gasteiger partial charge is 0.169 e. The van der Waals surface area contributed by atoms with Crippen molar-refractivity contribution in [2.24, 2.45) is 9.98 Å². The van der Waals surface area contributed by atoms with E-state index < -0.39 is 0 Å². The summed E-state index contributed by atoms with van der Waals surface area (Å²) in [6, 6.07) is 19.5. The van der Waals surface area contributed by atoms with Gasteiger partial charge in [-0.2, -0.15) is 0 Å². The molecule has 0 spiro atoms. The molecule has 6 heteroatoms. The van der Waals surface area contributed by atoms with Gasteiger partial charge in [0.05, 0.1) is 23.8 Å². The number of hydrogen-bond donors (Lipinski definition) is 0. The average Bonchev–Trinajstić information content (AvgIpc) is 3.25. The molecule has 0 N–H and O–H groups in total. The lowest BCUT2D eigenvalue weighted by molar-refractivity contribution is 0.534. The van der Waals surface area contributed by atoms with E-state index in [2.05, 4.69) is 54.0 Å². The molecule has 0 saturated carbocycles. The van der Waals surface area contributed by atoms with Crippen molar-refractivity contribution in [1.29, 1.82) is 0 Å². The van der Waals surface area contributed by atoms with Crippen molar-refractivity contribution < 1.29 is 8.83 Å². The first kappa shape index (κ1) is 17.0. The van der Waals surface area contributed by atoms with Crippen molar-refractivity contribution in [3.63, 3.8) is 0 Å². The summed E-state index contributed by atoms with van der Waals surface area (Å²) in [6.45, 7) is 0. The highest BCUT2D eigenvalue weighted by Gasteiger charge is 2.04. The Kier molecular flexibility index (Phi) is 4.86. The molecule has 2 aromatic heterocycles. The first-order valence-electron chi connectivity index (χ1n) is 7.79. The van der Waals surface area contributed by atoms with E-state index in [9.17, 15) is 0 Å². The van der Waals surface area contributed by atoms with Crippen LogP contribution in [0.15, 0.2) is 88.8 Å². The Bertz CT molecular complexity index is 1040. The molecule has 26 heavy (non-hydrogen) atoms. The molecule has 2 heterocycles. The van der Waals surface area contributed by atoms with Gasteiger partial charge in [0.25, 0.3) is 0 Å². The minimum atomic E-state index is 0.662. The number of halogens is 2. The van der Waals surface area contributed by atoms with Gasteiger partial charge in [0, 0.05) is 0 Å². The fourth-order valence-electron chi connectivity index (χ4n) is 2.48. The molecule has 0 unspecified atom stereocenters. The van der Waals surface area contributed by atoms with Crippen LogP contribution in [0, 0.1) is 0 Å². The third kappa shape index (κ3) is 3.86. The van der Waals surface area contributed by atoms with Crippen LogP contribution in [-0.2, 0) is 0 Å². The highest BCUT2D eigenvalue weighted by Crippen LogP contribution is 2.33. The lowest BCUT2D eigenvalue weighted by Gasteiger charge is -2.04. The molecule has 0 bridgehead atoms. The van der Waals surface area contributed by atoms with Crippen LogP contribution in [0.5, 0.6) is 0 Å². The van der Waals surface area contributed by atoms with Crippen LogP contribution in [0.4, 0.5) is 11.4 Å². The van der Waals surface area contributed by atoms with Crippen LogP contribution in [0.3, 0.4) is 0 Å². The predicted molar refractivity (Wildman–Crippen MR) is 111 cm³/mol. The van der Waals surface area contributed by atoms with E-state index in [1.54, 1.807) is 12.4 Å². The average molecular weight is 472 g/mol. The van der Waals surface area contributed by atoms with Gasteiger partial charge < -0.3 is 8.83 Å². The summed E-state index contributed by atoms with van der Waals surface area (Å²) in [5.74, 6) is 1.32. The van der Waals surface area contributed by atoms with Crippen molar-refractivity contribution in [1.82, 2.24) is 0 Å². The molecule has 0 aliphatic carbocycles. The summed E-state index contributed by atoms with van der Waals surface area (Å²) in [7, 11) is 0. The lowest BCUT2D eigenvalue weighted by Crippen LogP contribution is -1.79. The number of benzene rings is 2. The topological polar surface area (TPSA) is 51.0 Å². The minimum Gasteiger partial charge on any atom is -0.448 e. The van der Waals surface area contributed by atoms with Gasteiger partial charge >= 0.3 is 0 Å². The SMILES string of the molecule is Brc1ccc(C=Nc2cc3ccccc3cc2N=Cc2ccc(Br)o2)o1. The Morgan fingerprint density at radius 2 is 1.12 bits per heavy atom. The largest absolute Gasteiger partial charge is 0.448 e. The van der Waals surface area contributed by atoms with Crippen LogP contribution >= 0.6 is 31.9 Å². The normalized spacial score (nSPS) is 11.9. The maximum absolute atomic E-state index is 5.47. The van der Waals surface area contributed by atoms with Gasteiger partial charge in [0.15, 0.2) is 9.34 Å².